The third-order valence-corrected chi connectivity index (χ3v) is 4.03. The van der Waals surface area contributed by atoms with Crippen molar-refractivity contribution in [1.82, 2.24) is 15.4 Å². The second-order valence-electron chi connectivity index (χ2n) is 5.60. The molecule has 0 saturated heterocycles. The van der Waals surface area contributed by atoms with Crippen molar-refractivity contribution < 1.29 is 14.0 Å². The van der Waals surface area contributed by atoms with Crippen LogP contribution >= 0.6 is 11.6 Å². The number of aryl methyl sites for hydroxylation is 1. The molecule has 0 aliphatic rings. The summed E-state index contributed by atoms with van der Waals surface area (Å²) in [5.41, 5.74) is 6.26. The predicted octanol–water partition coefficient (Wildman–Crippen LogP) is 2.49. The third kappa shape index (κ3) is 4.12. The van der Waals surface area contributed by atoms with Crippen LogP contribution in [0.25, 0.3) is 11.1 Å². The normalized spacial score (nSPS) is 10.7. The number of nitrogens with zero attached hydrogens (tertiary/aromatic N) is 1. The highest BCUT2D eigenvalue weighted by molar-refractivity contribution is 6.30. The molecule has 1 aromatic heterocycles. The molecule has 0 bridgehead atoms. The van der Waals surface area contributed by atoms with Crippen LogP contribution in [-0.4, -0.2) is 16.4 Å². The van der Waals surface area contributed by atoms with E-state index in [1.54, 1.807) is 42.5 Å². The number of rotatable bonds is 5. The average Bonchev–Trinajstić information content (AvgIpc) is 2.96. The lowest BCUT2D eigenvalue weighted by Crippen LogP contribution is -2.41. The fourth-order valence-corrected chi connectivity index (χ4v) is 2.61. The zero-order valence-corrected chi connectivity index (χ0v) is 14.5. The first kappa shape index (κ1) is 17.8. The molecule has 0 radical (unpaired) electrons. The van der Waals surface area contributed by atoms with Gasteiger partial charge >= 0.3 is 5.76 Å². The highest BCUT2D eigenvalue weighted by Gasteiger charge is 2.10. The van der Waals surface area contributed by atoms with Gasteiger partial charge in [-0.25, -0.2) is 4.79 Å². The molecule has 2 amide bonds. The molecule has 0 saturated carbocycles. The largest absolute Gasteiger partial charge is 0.419 e. The lowest BCUT2D eigenvalue weighted by molar-refractivity contribution is -0.122. The Balaban J connectivity index is 1.48. The summed E-state index contributed by atoms with van der Waals surface area (Å²) < 4.78 is 6.61. The summed E-state index contributed by atoms with van der Waals surface area (Å²) >= 11 is 5.76. The molecule has 3 aromatic rings. The zero-order valence-electron chi connectivity index (χ0n) is 13.7. The van der Waals surface area contributed by atoms with Crippen molar-refractivity contribution in [3.05, 3.63) is 69.7 Å². The topological polar surface area (TPSA) is 93.3 Å². The molecule has 8 heteroatoms. The number of oxazole rings is 1. The highest BCUT2D eigenvalue weighted by atomic mass is 35.5. The molecule has 26 heavy (non-hydrogen) atoms. The summed E-state index contributed by atoms with van der Waals surface area (Å²) in [5.74, 6) is -1.25. The van der Waals surface area contributed by atoms with E-state index in [-0.39, 0.29) is 12.3 Å². The van der Waals surface area contributed by atoms with Gasteiger partial charge < -0.3 is 4.42 Å². The van der Waals surface area contributed by atoms with Gasteiger partial charge in [-0.15, -0.1) is 0 Å². The van der Waals surface area contributed by atoms with Crippen LogP contribution < -0.4 is 16.6 Å². The number of benzene rings is 2. The summed E-state index contributed by atoms with van der Waals surface area (Å²) in [5, 5.41) is 0.521. The highest BCUT2D eigenvalue weighted by Crippen LogP contribution is 2.12. The van der Waals surface area contributed by atoms with E-state index in [1.165, 1.54) is 4.57 Å². The smallest absolute Gasteiger partial charge is 0.408 e. The number of hydrogen-bond donors (Lipinski definition) is 2. The maximum Gasteiger partial charge on any atom is 0.419 e. The minimum absolute atomic E-state index is 0.146. The van der Waals surface area contributed by atoms with E-state index in [2.05, 4.69) is 10.9 Å². The Morgan fingerprint density at radius 1 is 1.04 bits per heavy atom. The van der Waals surface area contributed by atoms with Gasteiger partial charge in [-0.2, -0.15) is 0 Å². The first-order valence-corrected chi connectivity index (χ1v) is 8.35. The van der Waals surface area contributed by atoms with Crippen LogP contribution in [0.2, 0.25) is 5.02 Å². The van der Waals surface area contributed by atoms with Crippen LogP contribution in [0.5, 0.6) is 0 Å². The maximum absolute atomic E-state index is 11.9. The number of hydrogen-bond acceptors (Lipinski definition) is 4. The first-order valence-electron chi connectivity index (χ1n) is 7.98. The van der Waals surface area contributed by atoms with Crippen molar-refractivity contribution in [3.8, 4) is 0 Å². The van der Waals surface area contributed by atoms with Crippen molar-refractivity contribution in [2.24, 2.45) is 0 Å². The Bertz CT molecular complexity index is 992. The van der Waals surface area contributed by atoms with Crippen LogP contribution in [0.4, 0.5) is 0 Å². The summed E-state index contributed by atoms with van der Waals surface area (Å²) in [6.45, 7) is 0.342. The Labute approximate surface area is 153 Å². The van der Waals surface area contributed by atoms with Gasteiger partial charge in [0.25, 0.3) is 5.91 Å². The second-order valence-corrected chi connectivity index (χ2v) is 6.04. The van der Waals surface area contributed by atoms with E-state index >= 15 is 0 Å². The Morgan fingerprint density at radius 3 is 2.54 bits per heavy atom. The van der Waals surface area contributed by atoms with Crippen molar-refractivity contribution >= 4 is 34.5 Å². The molecule has 7 nitrogen and oxygen atoms in total. The van der Waals surface area contributed by atoms with Crippen molar-refractivity contribution in [1.29, 1.82) is 0 Å². The number of aromatic nitrogens is 1. The number of para-hydroxylation sites is 2. The number of nitrogens with one attached hydrogen (secondary N) is 2. The fourth-order valence-electron chi connectivity index (χ4n) is 2.49. The fraction of sp³-hybridized carbons (Fsp3) is 0.167. The number of halogens is 1. The maximum atomic E-state index is 11.9. The number of amides is 2. The molecule has 0 spiro atoms. The molecular weight excluding hydrogens is 358 g/mol. The van der Waals surface area contributed by atoms with Gasteiger partial charge in [0.1, 0.15) is 0 Å². The van der Waals surface area contributed by atoms with Gasteiger partial charge in [-0.05, 0) is 42.8 Å². The monoisotopic (exact) mass is 373 g/mol. The van der Waals surface area contributed by atoms with Crippen LogP contribution in [0.15, 0.2) is 57.7 Å². The van der Waals surface area contributed by atoms with E-state index in [0.717, 1.165) is 0 Å². The number of hydrazine groups is 1. The molecule has 0 unspecified atom stereocenters. The molecule has 2 N–H and O–H groups in total. The van der Waals surface area contributed by atoms with Crippen molar-refractivity contribution in [2.75, 3.05) is 0 Å². The number of fused-ring (bicyclic) bond motifs is 1. The quantitative estimate of drug-likeness (QED) is 0.672. The summed E-state index contributed by atoms with van der Waals surface area (Å²) in [6, 6.07) is 13.4. The second kappa shape index (κ2) is 7.88. The standard InChI is InChI=1S/C18H16ClN3O4/c19-13-9-7-12(8-10-13)17(24)21-20-16(23)6-3-11-22-14-4-1-2-5-15(14)26-18(22)25/h1-2,4-5,7-10H,3,6,11H2,(H,20,23)(H,21,24). The van der Waals surface area contributed by atoms with Gasteiger partial charge in [0.2, 0.25) is 5.91 Å². The molecule has 0 fully saturated rings. The zero-order chi connectivity index (χ0) is 18.5. The average molecular weight is 374 g/mol. The minimum atomic E-state index is -0.456. The molecule has 3 rings (SSSR count). The molecule has 0 aliphatic carbocycles. The van der Waals surface area contributed by atoms with Gasteiger partial charge in [0.15, 0.2) is 5.58 Å². The molecule has 1 heterocycles. The third-order valence-electron chi connectivity index (χ3n) is 3.78. The summed E-state index contributed by atoms with van der Waals surface area (Å²) in [7, 11) is 0. The van der Waals surface area contributed by atoms with E-state index < -0.39 is 11.7 Å². The van der Waals surface area contributed by atoms with E-state index in [1.807, 2.05) is 6.07 Å². The Hall–Kier alpha value is -3.06. The van der Waals surface area contributed by atoms with Gasteiger partial charge in [0, 0.05) is 23.6 Å². The lowest BCUT2D eigenvalue weighted by atomic mass is 10.2. The van der Waals surface area contributed by atoms with Crippen molar-refractivity contribution in [3.63, 3.8) is 0 Å². The van der Waals surface area contributed by atoms with Crippen LogP contribution in [0.1, 0.15) is 23.2 Å². The molecule has 0 atom stereocenters. The predicted molar refractivity (Wildman–Crippen MR) is 96.8 cm³/mol. The van der Waals surface area contributed by atoms with E-state index in [9.17, 15) is 14.4 Å². The summed E-state index contributed by atoms with van der Waals surface area (Å²) in [4.78, 5) is 35.6. The molecule has 0 aliphatic heterocycles. The van der Waals surface area contributed by atoms with Crippen LogP contribution in [0, 0.1) is 0 Å². The molecule has 134 valence electrons. The van der Waals surface area contributed by atoms with Gasteiger partial charge in [-0.3, -0.25) is 25.0 Å². The van der Waals surface area contributed by atoms with Crippen LogP contribution in [0.3, 0.4) is 0 Å². The van der Waals surface area contributed by atoms with Crippen LogP contribution in [-0.2, 0) is 11.3 Å². The summed E-state index contributed by atoms with van der Waals surface area (Å²) in [6.07, 6.45) is 0.568. The van der Waals surface area contributed by atoms with Crippen molar-refractivity contribution in [2.45, 2.75) is 19.4 Å². The number of carbonyl (C=O) groups excluding carboxylic acids is 2. The molecular formula is C18H16ClN3O4. The van der Waals surface area contributed by atoms with E-state index in [0.29, 0.717) is 34.7 Å². The Kier molecular flexibility index (Phi) is 5.38. The first-order chi connectivity index (χ1) is 12.5. The van der Waals surface area contributed by atoms with Gasteiger partial charge in [0.05, 0.1) is 5.52 Å². The van der Waals surface area contributed by atoms with Gasteiger partial charge in [-0.1, -0.05) is 23.7 Å². The lowest BCUT2D eigenvalue weighted by Gasteiger charge is -2.07. The SMILES string of the molecule is O=C(CCCn1c(=O)oc2ccccc21)NNC(=O)c1ccc(Cl)cc1. The van der Waals surface area contributed by atoms with E-state index in [4.69, 9.17) is 16.0 Å². The minimum Gasteiger partial charge on any atom is -0.408 e. The Morgan fingerprint density at radius 2 is 1.77 bits per heavy atom. The molecule has 2 aromatic carbocycles. The number of carbonyl (C=O) groups is 2.